The largest absolute Gasteiger partial charge is 0.413 e. The molecule has 1 aromatic carbocycles. The molecule has 3 atom stereocenters. The lowest BCUT2D eigenvalue weighted by atomic mass is 9.90. The number of ether oxygens (including phenoxy) is 1. The number of rotatable bonds is 14. The topological polar surface area (TPSA) is 38.7 Å². The van der Waals surface area contributed by atoms with E-state index in [9.17, 15) is 5.11 Å². The molecule has 0 fully saturated rings. The van der Waals surface area contributed by atoms with E-state index in [2.05, 4.69) is 58.9 Å². The molecule has 1 aromatic rings. The zero-order chi connectivity index (χ0) is 19.4. The lowest BCUT2D eigenvalue weighted by Gasteiger charge is -2.39. The van der Waals surface area contributed by atoms with E-state index in [4.69, 9.17) is 9.16 Å². The maximum absolute atomic E-state index is 9.22. The summed E-state index contributed by atoms with van der Waals surface area (Å²) in [5.74, 6) is 0.790. The molecule has 0 heterocycles. The first-order valence-corrected chi connectivity index (χ1v) is 12.9. The SMILES string of the molecule is CC[Si](CC)(CC)O[C@H]([C@H](C)COCc1ccccc1)[C@@H](C)CCCO. The molecule has 0 aliphatic heterocycles. The monoisotopic (exact) mass is 380 g/mol. The van der Waals surface area contributed by atoms with E-state index in [1.54, 1.807) is 0 Å². The molecule has 0 aliphatic carbocycles. The molecular formula is C22H40O3Si. The van der Waals surface area contributed by atoms with Crippen LogP contribution in [-0.4, -0.2) is 32.7 Å². The third-order valence-corrected chi connectivity index (χ3v) is 10.4. The van der Waals surface area contributed by atoms with E-state index < -0.39 is 8.32 Å². The highest BCUT2D eigenvalue weighted by Gasteiger charge is 2.36. The number of hydrogen-bond donors (Lipinski definition) is 1. The molecule has 0 amide bonds. The highest BCUT2D eigenvalue weighted by molar-refractivity contribution is 6.73. The lowest BCUT2D eigenvalue weighted by Crippen LogP contribution is -2.45. The zero-order valence-electron chi connectivity index (χ0n) is 17.5. The number of hydrogen-bond acceptors (Lipinski definition) is 3. The first-order valence-electron chi connectivity index (χ1n) is 10.4. The van der Waals surface area contributed by atoms with Gasteiger partial charge in [0.1, 0.15) is 0 Å². The summed E-state index contributed by atoms with van der Waals surface area (Å²) in [6, 6.07) is 13.8. The fourth-order valence-corrected chi connectivity index (χ4v) is 6.73. The lowest BCUT2D eigenvalue weighted by molar-refractivity contribution is 0.00889. The van der Waals surface area contributed by atoms with E-state index in [1.807, 2.05) is 6.07 Å². The van der Waals surface area contributed by atoms with Crippen LogP contribution in [0.1, 0.15) is 53.0 Å². The van der Waals surface area contributed by atoms with Crippen LogP contribution in [0, 0.1) is 11.8 Å². The fraction of sp³-hybridized carbons (Fsp3) is 0.727. The van der Waals surface area contributed by atoms with Crippen molar-refractivity contribution in [2.45, 2.75) is 78.3 Å². The Hall–Kier alpha value is -0.683. The molecule has 0 spiro atoms. The first-order chi connectivity index (χ1) is 12.5. The van der Waals surface area contributed by atoms with Crippen LogP contribution >= 0.6 is 0 Å². The van der Waals surface area contributed by atoms with Gasteiger partial charge in [0, 0.05) is 12.5 Å². The molecule has 0 bridgehead atoms. The highest BCUT2D eigenvalue weighted by Crippen LogP contribution is 2.31. The van der Waals surface area contributed by atoms with Crippen molar-refractivity contribution in [2.24, 2.45) is 11.8 Å². The second-order valence-electron chi connectivity index (χ2n) is 7.65. The third kappa shape index (κ3) is 7.51. The minimum atomic E-state index is -1.67. The molecule has 0 unspecified atom stereocenters. The predicted octanol–water partition coefficient (Wildman–Crippen LogP) is 5.64. The van der Waals surface area contributed by atoms with Crippen molar-refractivity contribution in [3.05, 3.63) is 35.9 Å². The molecular weight excluding hydrogens is 340 g/mol. The van der Waals surface area contributed by atoms with Gasteiger partial charge in [-0.25, -0.2) is 0 Å². The van der Waals surface area contributed by atoms with Crippen LogP contribution in [0.15, 0.2) is 30.3 Å². The maximum atomic E-state index is 9.22. The van der Waals surface area contributed by atoms with Crippen LogP contribution in [0.4, 0.5) is 0 Å². The Morgan fingerprint density at radius 2 is 1.58 bits per heavy atom. The molecule has 26 heavy (non-hydrogen) atoms. The summed E-state index contributed by atoms with van der Waals surface area (Å²) in [5, 5.41) is 9.22. The molecule has 0 aromatic heterocycles. The van der Waals surface area contributed by atoms with Crippen LogP contribution in [0.25, 0.3) is 0 Å². The Labute approximate surface area is 162 Å². The Bertz CT molecular complexity index is 453. The van der Waals surface area contributed by atoms with Crippen LogP contribution in [0.2, 0.25) is 18.1 Å². The van der Waals surface area contributed by atoms with Gasteiger partial charge in [0.05, 0.1) is 19.3 Å². The average Bonchev–Trinajstić information content (AvgIpc) is 2.68. The van der Waals surface area contributed by atoms with Crippen molar-refractivity contribution in [2.75, 3.05) is 13.2 Å². The van der Waals surface area contributed by atoms with Gasteiger partial charge in [-0.3, -0.25) is 0 Å². The van der Waals surface area contributed by atoms with E-state index in [1.165, 1.54) is 23.7 Å². The molecule has 0 aliphatic rings. The van der Waals surface area contributed by atoms with Gasteiger partial charge in [0.15, 0.2) is 8.32 Å². The standard InChI is InChI=1S/C22H40O3Si/c1-6-26(7-2,8-3)25-22(19(4)13-12-16-23)20(5)17-24-18-21-14-10-9-11-15-21/h9-11,14-15,19-20,22-23H,6-8,12-13,16-18H2,1-5H3/t19-,20+,22-/m0/s1. The van der Waals surface area contributed by atoms with Crippen molar-refractivity contribution < 1.29 is 14.3 Å². The van der Waals surface area contributed by atoms with E-state index in [-0.39, 0.29) is 12.7 Å². The van der Waals surface area contributed by atoms with Crippen LogP contribution in [0.3, 0.4) is 0 Å². The Balaban J connectivity index is 2.71. The summed E-state index contributed by atoms with van der Waals surface area (Å²) >= 11 is 0. The second kappa shape index (κ2) is 12.7. The zero-order valence-corrected chi connectivity index (χ0v) is 18.5. The smallest absolute Gasteiger partial charge is 0.192 e. The van der Waals surface area contributed by atoms with E-state index >= 15 is 0 Å². The third-order valence-electron chi connectivity index (χ3n) is 5.75. The molecule has 1 N–H and O–H groups in total. The van der Waals surface area contributed by atoms with Crippen LogP contribution in [0.5, 0.6) is 0 Å². The second-order valence-corrected chi connectivity index (χ2v) is 12.4. The quantitative estimate of drug-likeness (QED) is 0.425. The summed E-state index contributed by atoms with van der Waals surface area (Å²) in [6.45, 7) is 13.0. The van der Waals surface area contributed by atoms with Crippen LogP contribution in [-0.2, 0) is 15.8 Å². The van der Waals surface area contributed by atoms with Crippen molar-refractivity contribution in [3.63, 3.8) is 0 Å². The molecule has 1 rings (SSSR count). The first kappa shape index (κ1) is 23.4. The molecule has 0 radical (unpaired) electrons. The van der Waals surface area contributed by atoms with Crippen molar-refractivity contribution in [3.8, 4) is 0 Å². The molecule has 3 nitrogen and oxygen atoms in total. The summed E-state index contributed by atoms with van der Waals surface area (Å²) in [4.78, 5) is 0. The van der Waals surface area contributed by atoms with Gasteiger partial charge in [-0.15, -0.1) is 0 Å². The van der Waals surface area contributed by atoms with Crippen molar-refractivity contribution >= 4 is 8.32 Å². The summed E-state index contributed by atoms with van der Waals surface area (Å²) < 4.78 is 12.9. The van der Waals surface area contributed by atoms with Gasteiger partial charge in [0.25, 0.3) is 0 Å². The van der Waals surface area contributed by atoms with Crippen molar-refractivity contribution in [1.82, 2.24) is 0 Å². The van der Waals surface area contributed by atoms with Gasteiger partial charge in [0.2, 0.25) is 0 Å². The van der Waals surface area contributed by atoms with Gasteiger partial charge in [-0.05, 0) is 42.5 Å². The van der Waals surface area contributed by atoms with E-state index in [0.717, 1.165) is 12.8 Å². The number of aliphatic hydroxyl groups excluding tert-OH is 1. The fourth-order valence-electron chi connectivity index (χ4n) is 3.69. The predicted molar refractivity (Wildman–Crippen MR) is 113 cm³/mol. The Kier molecular flexibility index (Phi) is 11.4. The van der Waals surface area contributed by atoms with Gasteiger partial charge in [-0.1, -0.05) is 65.0 Å². The Morgan fingerprint density at radius 1 is 0.962 bits per heavy atom. The normalized spacial score (nSPS) is 15.6. The van der Waals surface area contributed by atoms with Crippen molar-refractivity contribution in [1.29, 1.82) is 0 Å². The summed E-state index contributed by atoms with van der Waals surface area (Å²) in [6.07, 6.45) is 2.06. The summed E-state index contributed by atoms with van der Waals surface area (Å²) in [5.41, 5.74) is 1.21. The van der Waals surface area contributed by atoms with Crippen LogP contribution < -0.4 is 0 Å². The Morgan fingerprint density at radius 3 is 2.12 bits per heavy atom. The highest BCUT2D eigenvalue weighted by atomic mass is 28.4. The molecule has 0 saturated carbocycles. The molecule has 150 valence electrons. The van der Waals surface area contributed by atoms with Gasteiger partial charge >= 0.3 is 0 Å². The number of aliphatic hydroxyl groups is 1. The minimum absolute atomic E-state index is 0.212. The van der Waals surface area contributed by atoms with Gasteiger partial charge in [-0.2, -0.15) is 0 Å². The molecule has 0 saturated heterocycles. The van der Waals surface area contributed by atoms with E-state index in [0.29, 0.717) is 25.0 Å². The number of benzene rings is 1. The minimum Gasteiger partial charge on any atom is -0.413 e. The maximum Gasteiger partial charge on any atom is 0.192 e. The van der Waals surface area contributed by atoms with Gasteiger partial charge < -0.3 is 14.3 Å². The summed E-state index contributed by atoms with van der Waals surface area (Å²) in [7, 11) is -1.67. The average molecular weight is 381 g/mol. The molecule has 4 heteroatoms.